The lowest BCUT2D eigenvalue weighted by Crippen LogP contribution is -2.39. The lowest BCUT2D eigenvalue weighted by atomic mass is 9.92. The third-order valence-corrected chi connectivity index (χ3v) is 4.03. The van der Waals surface area contributed by atoms with Gasteiger partial charge in [-0.3, -0.25) is 4.79 Å². The zero-order valence-corrected chi connectivity index (χ0v) is 11.1. The highest BCUT2D eigenvalue weighted by Crippen LogP contribution is 2.33. The molecule has 3 heterocycles. The number of fused-ring (bicyclic) bond motifs is 1. The maximum atomic E-state index is 12.2. The zero-order valence-electron chi connectivity index (χ0n) is 11.1. The van der Waals surface area contributed by atoms with Crippen molar-refractivity contribution in [1.82, 2.24) is 9.97 Å². The van der Waals surface area contributed by atoms with Crippen LogP contribution in [0.5, 0.6) is 0 Å². The minimum Gasteiger partial charge on any atom is -0.381 e. The second-order valence-corrected chi connectivity index (χ2v) is 5.08. The first-order valence-electron chi connectivity index (χ1n) is 6.76. The maximum absolute atomic E-state index is 12.2. The molecule has 19 heavy (non-hydrogen) atoms. The van der Waals surface area contributed by atoms with Gasteiger partial charge in [0.1, 0.15) is 17.2 Å². The van der Waals surface area contributed by atoms with E-state index in [4.69, 9.17) is 9.47 Å². The maximum Gasteiger partial charge on any atom is 0.256 e. The summed E-state index contributed by atoms with van der Waals surface area (Å²) < 4.78 is 11.0. The first-order chi connectivity index (χ1) is 9.25. The van der Waals surface area contributed by atoms with Crippen LogP contribution in [0.3, 0.4) is 0 Å². The van der Waals surface area contributed by atoms with E-state index < -0.39 is 5.60 Å². The smallest absolute Gasteiger partial charge is 0.256 e. The fourth-order valence-electron chi connectivity index (χ4n) is 2.80. The molecular formula is C13H19N3O3. The normalized spacial score (nSPS) is 21.5. The zero-order chi connectivity index (χ0) is 13.3. The van der Waals surface area contributed by atoms with Crippen molar-refractivity contribution in [3.63, 3.8) is 0 Å². The number of rotatable bonds is 2. The van der Waals surface area contributed by atoms with Gasteiger partial charge in [0.15, 0.2) is 0 Å². The second kappa shape index (κ2) is 4.94. The van der Waals surface area contributed by atoms with E-state index in [1.807, 2.05) is 0 Å². The van der Waals surface area contributed by atoms with Crippen LogP contribution in [0.1, 0.15) is 30.7 Å². The fraction of sp³-hybridized carbons (Fsp3) is 0.692. The second-order valence-electron chi connectivity index (χ2n) is 5.08. The molecule has 6 heteroatoms. The van der Waals surface area contributed by atoms with E-state index in [-0.39, 0.29) is 5.56 Å². The quantitative estimate of drug-likeness (QED) is 0.826. The van der Waals surface area contributed by atoms with Gasteiger partial charge in [0.05, 0.1) is 5.56 Å². The van der Waals surface area contributed by atoms with Crippen molar-refractivity contribution in [2.24, 2.45) is 0 Å². The highest BCUT2D eigenvalue weighted by molar-refractivity contribution is 5.45. The van der Waals surface area contributed by atoms with Crippen molar-refractivity contribution in [2.75, 3.05) is 32.2 Å². The largest absolute Gasteiger partial charge is 0.381 e. The number of anilines is 1. The Bertz CT molecular complexity index is 520. The van der Waals surface area contributed by atoms with Crippen LogP contribution in [0.2, 0.25) is 0 Å². The summed E-state index contributed by atoms with van der Waals surface area (Å²) in [6, 6.07) is 0. The Labute approximate surface area is 111 Å². The lowest BCUT2D eigenvalue weighted by Gasteiger charge is -2.35. The summed E-state index contributed by atoms with van der Waals surface area (Å²) in [4.78, 5) is 19.7. The van der Waals surface area contributed by atoms with Crippen LogP contribution < -0.4 is 10.9 Å². The molecule has 0 aromatic carbocycles. The SMILES string of the molecule is COC1(c2nc3c(c(=O)[nH]2)CCCN3)CCOCC1. The van der Waals surface area contributed by atoms with Gasteiger partial charge >= 0.3 is 0 Å². The minimum atomic E-state index is -0.522. The van der Waals surface area contributed by atoms with Gasteiger partial charge < -0.3 is 19.8 Å². The number of aromatic amines is 1. The van der Waals surface area contributed by atoms with Gasteiger partial charge in [-0.25, -0.2) is 4.98 Å². The molecule has 1 aromatic heterocycles. The minimum absolute atomic E-state index is 0.0462. The van der Waals surface area contributed by atoms with Crippen LogP contribution in [0.15, 0.2) is 4.79 Å². The van der Waals surface area contributed by atoms with E-state index in [9.17, 15) is 4.79 Å². The van der Waals surface area contributed by atoms with Crippen LogP contribution in [0, 0.1) is 0 Å². The van der Waals surface area contributed by atoms with Crippen LogP contribution in [0.4, 0.5) is 5.82 Å². The summed E-state index contributed by atoms with van der Waals surface area (Å²) in [5, 5.41) is 3.21. The number of methoxy groups -OCH3 is 1. The molecule has 0 amide bonds. The number of hydrogen-bond acceptors (Lipinski definition) is 5. The molecule has 0 atom stereocenters. The van der Waals surface area contributed by atoms with Gasteiger partial charge in [-0.15, -0.1) is 0 Å². The standard InChI is InChI=1S/C13H19N3O3/c1-18-13(4-7-19-8-5-13)12-15-10-9(11(17)16-12)3-2-6-14-10/h2-8H2,1H3,(H2,14,15,16,17). The Balaban J connectivity index is 2.04. The van der Waals surface area contributed by atoms with Crippen LogP contribution in [-0.2, 0) is 21.5 Å². The first kappa shape index (κ1) is 12.6. The van der Waals surface area contributed by atoms with E-state index >= 15 is 0 Å². The van der Waals surface area contributed by atoms with E-state index in [0.29, 0.717) is 37.7 Å². The van der Waals surface area contributed by atoms with Crippen molar-refractivity contribution in [1.29, 1.82) is 0 Å². The average molecular weight is 265 g/mol. The number of nitrogens with one attached hydrogen (secondary N) is 2. The van der Waals surface area contributed by atoms with Crippen LogP contribution in [0.25, 0.3) is 0 Å². The third-order valence-electron chi connectivity index (χ3n) is 4.03. The van der Waals surface area contributed by atoms with Gasteiger partial charge in [-0.1, -0.05) is 0 Å². The molecular weight excluding hydrogens is 246 g/mol. The summed E-state index contributed by atoms with van der Waals surface area (Å²) in [5.41, 5.74) is 0.189. The van der Waals surface area contributed by atoms with Gasteiger partial charge in [-0.05, 0) is 12.8 Å². The van der Waals surface area contributed by atoms with Crippen LogP contribution in [-0.4, -0.2) is 36.8 Å². The highest BCUT2D eigenvalue weighted by atomic mass is 16.5. The van der Waals surface area contributed by atoms with E-state index in [0.717, 1.165) is 24.9 Å². The van der Waals surface area contributed by atoms with Crippen molar-refractivity contribution in [3.05, 3.63) is 21.7 Å². The van der Waals surface area contributed by atoms with Gasteiger partial charge in [-0.2, -0.15) is 0 Å². The summed E-state index contributed by atoms with van der Waals surface area (Å²) in [6.45, 7) is 2.12. The molecule has 2 aliphatic heterocycles. The number of aromatic nitrogens is 2. The molecule has 0 saturated carbocycles. The van der Waals surface area contributed by atoms with Gasteiger partial charge in [0, 0.05) is 39.7 Å². The Morgan fingerprint density at radius 1 is 1.37 bits per heavy atom. The number of ether oxygens (including phenoxy) is 2. The van der Waals surface area contributed by atoms with E-state index in [1.54, 1.807) is 7.11 Å². The summed E-state index contributed by atoms with van der Waals surface area (Å²) >= 11 is 0. The Kier molecular flexibility index (Phi) is 3.28. The lowest BCUT2D eigenvalue weighted by molar-refractivity contribution is -0.100. The summed E-state index contributed by atoms with van der Waals surface area (Å²) in [5.74, 6) is 1.34. The predicted molar refractivity (Wildman–Crippen MR) is 70.4 cm³/mol. The Morgan fingerprint density at radius 3 is 2.89 bits per heavy atom. The molecule has 1 saturated heterocycles. The molecule has 2 aliphatic rings. The predicted octanol–water partition coefficient (Wildman–Crippen LogP) is 0.780. The monoisotopic (exact) mass is 265 g/mol. The molecule has 0 spiro atoms. The van der Waals surface area contributed by atoms with Gasteiger partial charge in [0.2, 0.25) is 0 Å². The molecule has 1 aromatic rings. The van der Waals surface area contributed by atoms with Crippen LogP contribution >= 0.6 is 0 Å². The third kappa shape index (κ3) is 2.15. The number of H-pyrrole nitrogens is 1. The highest BCUT2D eigenvalue weighted by Gasteiger charge is 2.37. The van der Waals surface area contributed by atoms with E-state index in [2.05, 4.69) is 15.3 Å². The topological polar surface area (TPSA) is 76.2 Å². The molecule has 104 valence electrons. The first-order valence-corrected chi connectivity index (χ1v) is 6.76. The van der Waals surface area contributed by atoms with Crippen molar-refractivity contribution < 1.29 is 9.47 Å². The molecule has 0 unspecified atom stereocenters. The number of hydrogen-bond donors (Lipinski definition) is 2. The fourth-order valence-corrected chi connectivity index (χ4v) is 2.80. The summed E-state index contributed by atoms with van der Waals surface area (Å²) in [6.07, 6.45) is 3.19. The molecule has 0 radical (unpaired) electrons. The van der Waals surface area contributed by atoms with Crippen molar-refractivity contribution >= 4 is 5.82 Å². The molecule has 6 nitrogen and oxygen atoms in total. The molecule has 2 N–H and O–H groups in total. The molecule has 3 rings (SSSR count). The Morgan fingerprint density at radius 2 is 2.16 bits per heavy atom. The number of nitrogens with zero attached hydrogens (tertiary/aromatic N) is 1. The molecule has 0 aliphatic carbocycles. The van der Waals surface area contributed by atoms with Crippen molar-refractivity contribution in [2.45, 2.75) is 31.3 Å². The summed E-state index contributed by atoms with van der Waals surface area (Å²) in [7, 11) is 1.66. The van der Waals surface area contributed by atoms with Gasteiger partial charge in [0.25, 0.3) is 5.56 Å². The Hall–Kier alpha value is -1.40. The van der Waals surface area contributed by atoms with E-state index in [1.165, 1.54) is 0 Å². The van der Waals surface area contributed by atoms with Crippen molar-refractivity contribution in [3.8, 4) is 0 Å². The molecule has 0 bridgehead atoms. The molecule has 1 fully saturated rings. The average Bonchev–Trinajstić information content (AvgIpc) is 2.48.